The summed E-state index contributed by atoms with van der Waals surface area (Å²) < 4.78 is 7.27. The Balaban J connectivity index is 1.73. The third-order valence-corrected chi connectivity index (χ3v) is 5.96. The molecule has 0 aliphatic heterocycles. The van der Waals surface area contributed by atoms with Crippen molar-refractivity contribution in [2.24, 2.45) is 0 Å². The van der Waals surface area contributed by atoms with Crippen LogP contribution in [0.25, 0.3) is 42.7 Å². The summed E-state index contributed by atoms with van der Waals surface area (Å²) >= 11 is 1.73. The van der Waals surface area contributed by atoms with Gasteiger partial charge in [-0.1, -0.05) is 39.0 Å². The van der Waals surface area contributed by atoms with Crippen molar-refractivity contribution < 1.29 is 4.42 Å². The zero-order valence-electron chi connectivity index (χ0n) is 15.0. The third-order valence-electron chi connectivity index (χ3n) is 4.88. The Morgan fingerprint density at radius 3 is 2.35 bits per heavy atom. The largest absolute Gasteiger partial charge is 0.456 e. The fraction of sp³-hybridized carbons (Fsp3) is 0.174. The lowest BCUT2D eigenvalue weighted by molar-refractivity contribution is 0.590. The number of furan rings is 1. The van der Waals surface area contributed by atoms with Gasteiger partial charge in [0.2, 0.25) is 0 Å². The molecule has 0 aliphatic rings. The first-order valence-electron chi connectivity index (χ1n) is 8.82. The molecule has 0 N–H and O–H groups in total. The minimum Gasteiger partial charge on any atom is -0.456 e. The standard InChI is InChI=1S/C23H19NOS/c1-23(2,3)15-9-11-20-17(13-15)16-12-14(8-10-19(16)25-20)22-24-18-6-4-5-7-21(18)26-22/h4-13H,1-3H3. The van der Waals surface area contributed by atoms with Gasteiger partial charge in [-0.2, -0.15) is 0 Å². The average Bonchev–Trinajstić information content (AvgIpc) is 3.21. The summed E-state index contributed by atoms with van der Waals surface area (Å²) in [6.07, 6.45) is 0. The minimum atomic E-state index is 0.114. The molecule has 0 fully saturated rings. The number of benzene rings is 3. The van der Waals surface area contributed by atoms with E-state index < -0.39 is 0 Å². The summed E-state index contributed by atoms with van der Waals surface area (Å²) in [6, 6.07) is 21.2. The topological polar surface area (TPSA) is 26.0 Å². The van der Waals surface area contributed by atoms with E-state index in [0.29, 0.717) is 0 Å². The summed E-state index contributed by atoms with van der Waals surface area (Å²) in [7, 11) is 0. The maximum Gasteiger partial charge on any atom is 0.135 e. The molecule has 128 valence electrons. The van der Waals surface area contributed by atoms with Crippen LogP contribution in [0, 0.1) is 0 Å². The molecule has 3 heteroatoms. The Morgan fingerprint density at radius 2 is 1.58 bits per heavy atom. The first kappa shape index (κ1) is 15.6. The van der Waals surface area contributed by atoms with Crippen molar-refractivity contribution in [3.05, 3.63) is 66.2 Å². The zero-order chi connectivity index (χ0) is 17.9. The second kappa shape index (κ2) is 5.42. The minimum absolute atomic E-state index is 0.114. The molecule has 26 heavy (non-hydrogen) atoms. The van der Waals surface area contributed by atoms with Crippen LogP contribution in [0.2, 0.25) is 0 Å². The summed E-state index contributed by atoms with van der Waals surface area (Å²) in [5.74, 6) is 0. The second-order valence-corrected chi connectivity index (χ2v) is 8.79. The molecule has 0 amide bonds. The molecule has 0 saturated carbocycles. The van der Waals surface area contributed by atoms with Gasteiger partial charge in [0.1, 0.15) is 16.2 Å². The van der Waals surface area contributed by atoms with Crippen LogP contribution in [0.15, 0.2) is 65.1 Å². The molecule has 5 aromatic rings. The van der Waals surface area contributed by atoms with Gasteiger partial charge in [-0.05, 0) is 53.4 Å². The Labute approximate surface area is 156 Å². The molecule has 0 bridgehead atoms. The number of para-hydroxylation sites is 1. The number of hydrogen-bond donors (Lipinski definition) is 0. The van der Waals surface area contributed by atoms with E-state index in [4.69, 9.17) is 9.40 Å². The molecule has 0 aliphatic carbocycles. The van der Waals surface area contributed by atoms with Crippen molar-refractivity contribution in [1.29, 1.82) is 0 Å². The average molecular weight is 357 g/mol. The van der Waals surface area contributed by atoms with Crippen LogP contribution in [-0.2, 0) is 5.41 Å². The molecular weight excluding hydrogens is 338 g/mol. The van der Waals surface area contributed by atoms with Gasteiger partial charge in [-0.25, -0.2) is 4.98 Å². The van der Waals surface area contributed by atoms with E-state index in [1.54, 1.807) is 11.3 Å². The zero-order valence-corrected chi connectivity index (χ0v) is 15.9. The van der Waals surface area contributed by atoms with Crippen LogP contribution >= 0.6 is 11.3 Å². The second-order valence-electron chi connectivity index (χ2n) is 7.76. The van der Waals surface area contributed by atoms with Crippen molar-refractivity contribution in [2.75, 3.05) is 0 Å². The molecule has 0 unspecified atom stereocenters. The number of nitrogens with zero attached hydrogens (tertiary/aromatic N) is 1. The first-order valence-corrected chi connectivity index (χ1v) is 9.63. The monoisotopic (exact) mass is 357 g/mol. The lowest BCUT2D eigenvalue weighted by Crippen LogP contribution is -2.10. The highest BCUT2D eigenvalue weighted by molar-refractivity contribution is 7.21. The van der Waals surface area contributed by atoms with Gasteiger partial charge in [0.25, 0.3) is 0 Å². The van der Waals surface area contributed by atoms with Crippen molar-refractivity contribution in [3.63, 3.8) is 0 Å². The quantitative estimate of drug-likeness (QED) is 0.318. The molecule has 0 atom stereocenters. The van der Waals surface area contributed by atoms with E-state index in [2.05, 4.69) is 75.4 Å². The van der Waals surface area contributed by atoms with Crippen LogP contribution in [-0.4, -0.2) is 4.98 Å². The van der Waals surface area contributed by atoms with E-state index in [0.717, 1.165) is 32.6 Å². The van der Waals surface area contributed by atoms with E-state index in [1.807, 2.05) is 6.07 Å². The third kappa shape index (κ3) is 2.43. The van der Waals surface area contributed by atoms with Gasteiger partial charge in [-0.3, -0.25) is 0 Å². The lowest BCUT2D eigenvalue weighted by atomic mass is 9.86. The summed E-state index contributed by atoms with van der Waals surface area (Å²) in [4.78, 5) is 4.80. The van der Waals surface area contributed by atoms with Gasteiger partial charge in [0.15, 0.2) is 0 Å². The highest BCUT2D eigenvalue weighted by Gasteiger charge is 2.17. The normalized spacial score (nSPS) is 12.4. The number of aromatic nitrogens is 1. The van der Waals surface area contributed by atoms with Crippen molar-refractivity contribution in [1.82, 2.24) is 4.98 Å². The lowest BCUT2D eigenvalue weighted by Gasteiger charge is -2.18. The summed E-state index contributed by atoms with van der Waals surface area (Å²) in [5, 5.41) is 3.38. The van der Waals surface area contributed by atoms with E-state index >= 15 is 0 Å². The number of fused-ring (bicyclic) bond motifs is 4. The number of rotatable bonds is 1. The molecule has 0 spiro atoms. The van der Waals surface area contributed by atoms with Crippen molar-refractivity contribution in [2.45, 2.75) is 26.2 Å². The first-order chi connectivity index (χ1) is 12.5. The highest BCUT2D eigenvalue weighted by Crippen LogP contribution is 2.37. The Kier molecular flexibility index (Phi) is 3.25. The van der Waals surface area contributed by atoms with Crippen LogP contribution in [0.5, 0.6) is 0 Å². The number of hydrogen-bond acceptors (Lipinski definition) is 3. The number of thiazole rings is 1. The van der Waals surface area contributed by atoms with Crippen molar-refractivity contribution >= 4 is 43.5 Å². The molecule has 2 aromatic heterocycles. The fourth-order valence-electron chi connectivity index (χ4n) is 3.37. The maximum absolute atomic E-state index is 6.05. The smallest absolute Gasteiger partial charge is 0.135 e. The van der Waals surface area contributed by atoms with Crippen LogP contribution in [0.4, 0.5) is 0 Å². The molecule has 2 nitrogen and oxygen atoms in total. The van der Waals surface area contributed by atoms with Gasteiger partial charge in [0, 0.05) is 16.3 Å². The summed E-state index contributed by atoms with van der Waals surface area (Å²) in [5.41, 5.74) is 5.49. The van der Waals surface area contributed by atoms with Gasteiger partial charge >= 0.3 is 0 Å². The highest BCUT2D eigenvalue weighted by atomic mass is 32.1. The Bertz CT molecular complexity index is 1240. The molecule has 5 rings (SSSR count). The molecule has 3 aromatic carbocycles. The SMILES string of the molecule is CC(C)(C)c1ccc2oc3ccc(-c4nc5ccccc5s4)cc3c2c1. The van der Waals surface area contributed by atoms with Crippen LogP contribution < -0.4 is 0 Å². The van der Waals surface area contributed by atoms with E-state index in [1.165, 1.54) is 15.6 Å². The predicted molar refractivity (Wildman–Crippen MR) is 111 cm³/mol. The molecule has 0 saturated heterocycles. The Morgan fingerprint density at radius 1 is 0.846 bits per heavy atom. The maximum atomic E-state index is 6.05. The van der Waals surface area contributed by atoms with Gasteiger partial charge in [0.05, 0.1) is 10.2 Å². The van der Waals surface area contributed by atoms with Crippen molar-refractivity contribution in [3.8, 4) is 10.6 Å². The molecule has 0 radical (unpaired) electrons. The van der Waals surface area contributed by atoms with Crippen LogP contribution in [0.3, 0.4) is 0 Å². The predicted octanol–water partition coefficient (Wildman–Crippen LogP) is 7.16. The Hall–Kier alpha value is -2.65. The van der Waals surface area contributed by atoms with Gasteiger partial charge in [-0.15, -0.1) is 11.3 Å². The van der Waals surface area contributed by atoms with Crippen LogP contribution in [0.1, 0.15) is 26.3 Å². The summed E-state index contributed by atoms with van der Waals surface area (Å²) in [6.45, 7) is 6.72. The fourth-order valence-corrected chi connectivity index (χ4v) is 4.33. The van der Waals surface area contributed by atoms with E-state index in [9.17, 15) is 0 Å². The molecular formula is C23H19NOS. The van der Waals surface area contributed by atoms with E-state index in [-0.39, 0.29) is 5.41 Å². The van der Waals surface area contributed by atoms with Gasteiger partial charge < -0.3 is 4.42 Å². The molecule has 2 heterocycles.